The van der Waals surface area contributed by atoms with E-state index in [0.717, 1.165) is 17.8 Å². The summed E-state index contributed by atoms with van der Waals surface area (Å²) in [7, 11) is 0. The number of nitrogens with zero attached hydrogens (tertiary/aromatic N) is 2. The van der Waals surface area contributed by atoms with Crippen LogP contribution in [0.1, 0.15) is 37.1 Å². The molecule has 0 spiro atoms. The van der Waals surface area contributed by atoms with Crippen LogP contribution in [-0.2, 0) is 16.1 Å². The second-order valence-corrected chi connectivity index (χ2v) is 5.19. The summed E-state index contributed by atoms with van der Waals surface area (Å²) in [5.41, 5.74) is 0.896. The molecule has 0 saturated heterocycles. The highest BCUT2D eigenvalue weighted by molar-refractivity contribution is 5.87. The molecule has 0 unspecified atom stereocenters. The van der Waals surface area contributed by atoms with Crippen LogP contribution in [0, 0.1) is 13.8 Å². The standard InChI is InChI=1S/C13H19N3O3/c1-9-8-10(2)16(15-9)7-4-11(17)14-13(12(18)19)5-3-6-13/h8H,3-7H2,1-2H3,(H,14,17)(H,18,19). The first-order valence-electron chi connectivity index (χ1n) is 6.48. The maximum atomic E-state index is 11.8. The van der Waals surface area contributed by atoms with E-state index < -0.39 is 11.5 Å². The first-order valence-corrected chi connectivity index (χ1v) is 6.48. The highest BCUT2D eigenvalue weighted by Crippen LogP contribution is 2.32. The average molecular weight is 265 g/mol. The molecule has 2 N–H and O–H groups in total. The van der Waals surface area contributed by atoms with E-state index in [-0.39, 0.29) is 12.3 Å². The van der Waals surface area contributed by atoms with Gasteiger partial charge in [-0.25, -0.2) is 4.79 Å². The Morgan fingerprint density at radius 3 is 2.58 bits per heavy atom. The van der Waals surface area contributed by atoms with Gasteiger partial charge in [-0.15, -0.1) is 0 Å². The fourth-order valence-corrected chi connectivity index (χ4v) is 2.36. The Bertz CT molecular complexity index is 503. The van der Waals surface area contributed by atoms with Gasteiger partial charge in [0.1, 0.15) is 5.54 Å². The third kappa shape index (κ3) is 2.77. The lowest BCUT2D eigenvalue weighted by Gasteiger charge is -2.38. The number of amides is 1. The minimum Gasteiger partial charge on any atom is -0.480 e. The van der Waals surface area contributed by atoms with Gasteiger partial charge in [-0.1, -0.05) is 0 Å². The summed E-state index contributed by atoms with van der Waals surface area (Å²) in [5.74, 6) is -1.16. The summed E-state index contributed by atoms with van der Waals surface area (Å²) in [4.78, 5) is 23.0. The van der Waals surface area contributed by atoms with Crippen LogP contribution < -0.4 is 5.32 Å². The number of aryl methyl sites for hydroxylation is 3. The van der Waals surface area contributed by atoms with E-state index in [9.17, 15) is 9.59 Å². The number of nitrogens with one attached hydrogen (secondary N) is 1. The van der Waals surface area contributed by atoms with Crippen LogP contribution in [0.15, 0.2) is 6.07 Å². The molecule has 1 amide bonds. The van der Waals surface area contributed by atoms with Gasteiger partial charge in [0.25, 0.3) is 0 Å². The van der Waals surface area contributed by atoms with Crippen molar-refractivity contribution in [3.63, 3.8) is 0 Å². The number of hydrogen-bond acceptors (Lipinski definition) is 3. The second kappa shape index (κ2) is 5.03. The van der Waals surface area contributed by atoms with Crippen molar-refractivity contribution >= 4 is 11.9 Å². The van der Waals surface area contributed by atoms with E-state index in [1.165, 1.54) is 0 Å². The monoisotopic (exact) mass is 265 g/mol. The largest absolute Gasteiger partial charge is 0.480 e. The minimum absolute atomic E-state index is 0.227. The minimum atomic E-state index is -1.02. The molecule has 1 saturated carbocycles. The second-order valence-electron chi connectivity index (χ2n) is 5.19. The number of aromatic nitrogens is 2. The highest BCUT2D eigenvalue weighted by atomic mass is 16.4. The van der Waals surface area contributed by atoms with E-state index in [2.05, 4.69) is 10.4 Å². The molecule has 1 aromatic rings. The van der Waals surface area contributed by atoms with Crippen LogP contribution in [0.4, 0.5) is 0 Å². The van der Waals surface area contributed by atoms with Crippen molar-refractivity contribution < 1.29 is 14.7 Å². The predicted molar refractivity (Wildman–Crippen MR) is 68.7 cm³/mol. The van der Waals surface area contributed by atoms with Gasteiger partial charge in [-0.05, 0) is 39.2 Å². The van der Waals surface area contributed by atoms with E-state index in [4.69, 9.17) is 5.11 Å². The van der Waals surface area contributed by atoms with Crippen LogP contribution in [-0.4, -0.2) is 32.3 Å². The van der Waals surface area contributed by atoms with Crippen molar-refractivity contribution in [3.05, 3.63) is 17.5 Å². The molecule has 0 aliphatic heterocycles. The summed E-state index contributed by atoms with van der Waals surface area (Å²) < 4.78 is 1.77. The van der Waals surface area contributed by atoms with Crippen LogP contribution in [0.3, 0.4) is 0 Å². The molecule has 104 valence electrons. The maximum absolute atomic E-state index is 11.8. The van der Waals surface area contributed by atoms with Crippen LogP contribution in [0.25, 0.3) is 0 Å². The zero-order chi connectivity index (χ0) is 14.0. The maximum Gasteiger partial charge on any atom is 0.329 e. The Hall–Kier alpha value is -1.85. The van der Waals surface area contributed by atoms with Crippen LogP contribution in [0.2, 0.25) is 0 Å². The average Bonchev–Trinajstić information content (AvgIpc) is 2.59. The number of carboxylic acids is 1. The molecule has 0 atom stereocenters. The first-order chi connectivity index (χ1) is 8.93. The van der Waals surface area contributed by atoms with Crippen molar-refractivity contribution in [2.24, 2.45) is 0 Å². The molecule has 6 heteroatoms. The molecule has 0 radical (unpaired) electrons. The predicted octanol–water partition coefficient (Wildman–Crippen LogP) is 1.01. The Labute approximate surface area is 111 Å². The van der Waals surface area contributed by atoms with Crippen molar-refractivity contribution in [2.45, 2.75) is 51.6 Å². The summed E-state index contributed by atoms with van der Waals surface area (Å²) in [5, 5.41) is 16.0. The molecular formula is C13H19N3O3. The van der Waals surface area contributed by atoms with Crippen LogP contribution in [0.5, 0.6) is 0 Å². The van der Waals surface area contributed by atoms with Gasteiger partial charge in [0.15, 0.2) is 0 Å². The molecule has 1 fully saturated rings. The summed E-state index contributed by atoms with van der Waals surface area (Å²) >= 11 is 0. The normalized spacial score (nSPS) is 16.7. The van der Waals surface area contributed by atoms with Crippen molar-refractivity contribution in [1.29, 1.82) is 0 Å². The van der Waals surface area contributed by atoms with Gasteiger partial charge < -0.3 is 10.4 Å². The molecule has 2 rings (SSSR count). The molecule has 1 aliphatic rings. The number of rotatable bonds is 5. The van der Waals surface area contributed by atoms with Gasteiger partial charge >= 0.3 is 5.97 Å². The van der Waals surface area contributed by atoms with Crippen molar-refractivity contribution in [3.8, 4) is 0 Å². The molecule has 1 aliphatic carbocycles. The lowest BCUT2D eigenvalue weighted by Crippen LogP contribution is -2.59. The van der Waals surface area contributed by atoms with Crippen molar-refractivity contribution in [2.75, 3.05) is 0 Å². The Kier molecular flexibility index (Phi) is 3.59. The number of carboxylic acid groups (broad SMARTS) is 1. The smallest absolute Gasteiger partial charge is 0.329 e. The number of carbonyl (C=O) groups is 2. The molecule has 1 heterocycles. The first kappa shape index (κ1) is 13.6. The molecular weight excluding hydrogens is 246 g/mol. The zero-order valence-corrected chi connectivity index (χ0v) is 11.3. The summed E-state index contributed by atoms with van der Waals surface area (Å²) in [6.07, 6.45) is 2.14. The zero-order valence-electron chi connectivity index (χ0n) is 11.3. The quantitative estimate of drug-likeness (QED) is 0.832. The lowest BCUT2D eigenvalue weighted by molar-refractivity contribution is -0.151. The molecule has 0 aromatic carbocycles. The Morgan fingerprint density at radius 1 is 1.47 bits per heavy atom. The summed E-state index contributed by atoms with van der Waals surface area (Å²) in [6.45, 7) is 4.31. The highest BCUT2D eigenvalue weighted by Gasteiger charge is 2.45. The van der Waals surface area contributed by atoms with Crippen molar-refractivity contribution in [1.82, 2.24) is 15.1 Å². The van der Waals surface area contributed by atoms with E-state index in [1.807, 2.05) is 19.9 Å². The number of hydrogen-bond donors (Lipinski definition) is 2. The summed E-state index contributed by atoms with van der Waals surface area (Å²) in [6, 6.07) is 1.95. The molecule has 1 aromatic heterocycles. The van der Waals surface area contributed by atoms with Gasteiger partial charge in [0.2, 0.25) is 5.91 Å². The van der Waals surface area contributed by atoms with E-state index in [0.29, 0.717) is 19.4 Å². The molecule has 19 heavy (non-hydrogen) atoms. The van der Waals surface area contributed by atoms with E-state index >= 15 is 0 Å². The third-order valence-corrected chi connectivity index (χ3v) is 3.65. The van der Waals surface area contributed by atoms with Gasteiger partial charge in [-0.2, -0.15) is 5.10 Å². The topological polar surface area (TPSA) is 84.2 Å². The van der Waals surface area contributed by atoms with Gasteiger partial charge in [-0.3, -0.25) is 9.48 Å². The molecule has 6 nitrogen and oxygen atoms in total. The van der Waals surface area contributed by atoms with Crippen LogP contribution >= 0.6 is 0 Å². The fourth-order valence-electron chi connectivity index (χ4n) is 2.36. The van der Waals surface area contributed by atoms with Gasteiger partial charge in [0, 0.05) is 18.7 Å². The third-order valence-electron chi connectivity index (χ3n) is 3.65. The lowest BCUT2D eigenvalue weighted by atomic mass is 9.76. The number of aliphatic carboxylic acids is 1. The SMILES string of the molecule is Cc1cc(C)n(CCC(=O)NC2(C(=O)O)CCC2)n1. The number of carbonyl (C=O) groups excluding carboxylic acids is 1. The fraction of sp³-hybridized carbons (Fsp3) is 0.615. The molecule has 0 bridgehead atoms. The van der Waals surface area contributed by atoms with E-state index in [1.54, 1.807) is 4.68 Å². The van der Waals surface area contributed by atoms with Gasteiger partial charge in [0.05, 0.1) is 5.69 Å². The Balaban J connectivity index is 1.88. The Morgan fingerprint density at radius 2 is 2.16 bits per heavy atom.